The minimum absolute atomic E-state index is 0.860. The molecule has 2 heterocycles. The second kappa shape index (κ2) is 10.2. The van der Waals surface area contributed by atoms with Crippen LogP contribution < -0.4 is 0 Å². The molecule has 7 nitrogen and oxygen atoms in total. The van der Waals surface area contributed by atoms with E-state index in [0.29, 0.717) is 0 Å². The summed E-state index contributed by atoms with van der Waals surface area (Å²) in [6, 6.07) is 5.08. The van der Waals surface area contributed by atoms with Gasteiger partial charge in [0.25, 0.3) is 0 Å². The minimum Gasteiger partial charge on any atom is -0.473 e. The van der Waals surface area contributed by atoms with Gasteiger partial charge in [0.1, 0.15) is 0 Å². The molecule has 2 unspecified atom stereocenters. The van der Waals surface area contributed by atoms with Crippen molar-refractivity contribution in [1.29, 1.82) is 0 Å². The summed E-state index contributed by atoms with van der Waals surface area (Å²) in [6.07, 6.45) is 9.57. The number of hydrogen-bond acceptors (Lipinski definition) is 5. The summed E-state index contributed by atoms with van der Waals surface area (Å²) >= 11 is 0. The Labute approximate surface area is 154 Å². The fourth-order valence-electron chi connectivity index (χ4n) is 3.77. The monoisotopic (exact) mass is 363 g/mol. The fraction of sp³-hybridized carbons (Fsp3) is 0.632. The van der Waals surface area contributed by atoms with E-state index < -0.39 is 11.9 Å². The van der Waals surface area contributed by atoms with Crippen molar-refractivity contribution in [1.82, 2.24) is 14.8 Å². The summed E-state index contributed by atoms with van der Waals surface area (Å²) in [5.74, 6) is -2.72. The Hall–Kier alpha value is -1.99. The van der Waals surface area contributed by atoms with Crippen LogP contribution in [0, 0.1) is 5.92 Å². The molecule has 3 rings (SSSR count). The highest BCUT2D eigenvalue weighted by molar-refractivity contribution is 6.27. The van der Waals surface area contributed by atoms with E-state index in [4.69, 9.17) is 19.8 Å². The fourth-order valence-corrected chi connectivity index (χ4v) is 3.77. The van der Waals surface area contributed by atoms with Crippen molar-refractivity contribution in [2.75, 3.05) is 26.2 Å². The predicted molar refractivity (Wildman–Crippen MR) is 97.8 cm³/mol. The Morgan fingerprint density at radius 2 is 1.85 bits per heavy atom. The van der Waals surface area contributed by atoms with Gasteiger partial charge >= 0.3 is 11.9 Å². The molecule has 1 saturated carbocycles. The minimum atomic E-state index is -1.82. The van der Waals surface area contributed by atoms with Crippen LogP contribution in [0.2, 0.25) is 0 Å². The molecule has 144 valence electrons. The van der Waals surface area contributed by atoms with Crippen molar-refractivity contribution in [3.8, 4) is 0 Å². The first-order valence-corrected chi connectivity index (χ1v) is 9.27. The lowest BCUT2D eigenvalue weighted by molar-refractivity contribution is -0.159. The van der Waals surface area contributed by atoms with Gasteiger partial charge in [-0.3, -0.25) is 14.8 Å². The third-order valence-corrected chi connectivity index (χ3v) is 5.14. The smallest absolute Gasteiger partial charge is 0.414 e. The summed E-state index contributed by atoms with van der Waals surface area (Å²) in [7, 11) is 0. The Balaban J connectivity index is 0.000000352. The molecule has 0 bridgehead atoms. The van der Waals surface area contributed by atoms with Crippen molar-refractivity contribution in [2.45, 2.75) is 45.2 Å². The molecule has 0 radical (unpaired) electrons. The second-order valence-electron chi connectivity index (χ2n) is 7.21. The van der Waals surface area contributed by atoms with Gasteiger partial charge in [0.15, 0.2) is 0 Å². The Morgan fingerprint density at radius 1 is 1.15 bits per heavy atom. The zero-order valence-electron chi connectivity index (χ0n) is 15.4. The number of rotatable bonds is 3. The molecule has 1 aromatic rings. The van der Waals surface area contributed by atoms with E-state index in [1.54, 1.807) is 0 Å². The van der Waals surface area contributed by atoms with Crippen LogP contribution in [-0.2, 0) is 16.1 Å². The van der Waals surface area contributed by atoms with Gasteiger partial charge in [-0.2, -0.15) is 0 Å². The van der Waals surface area contributed by atoms with Gasteiger partial charge in [-0.05, 0) is 30.4 Å². The van der Waals surface area contributed by atoms with Gasteiger partial charge in [0, 0.05) is 51.2 Å². The maximum Gasteiger partial charge on any atom is 0.414 e. The standard InChI is InChI=1S/C17H27N3.C2H2O4/c1-15-4-2-6-17(12-15)20-10-8-19(9-11-20)14-16-5-3-7-18-13-16;3-1(4)2(5)6/h3,5,7,13,15,17H,2,4,6,8-12,14H2,1H3;(H,3,4)(H,5,6). The summed E-state index contributed by atoms with van der Waals surface area (Å²) in [4.78, 5) is 27.7. The first-order valence-electron chi connectivity index (χ1n) is 9.27. The van der Waals surface area contributed by atoms with E-state index in [-0.39, 0.29) is 0 Å². The maximum absolute atomic E-state index is 9.10. The van der Waals surface area contributed by atoms with E-state index in [1.807, 2.05) is 18.5 Å². The number of pyridine rings is 1. The molecule has 2 fully saturated rings. The summed E-state index contributed by atoms with van der Waals surface area (Å²) in [5, 5.41) is 14.8. The zero-order valence-corrected chi connectivity index (χ0v) is 15.4. The summed E-state index contributed by atoms with van der Waals surface area (Å²) in [5.41, 5.74) is 1.34. The first kappa shape index (κ1) is 20.3. The van der Waals surface area contributed by atoms with Gasteiger partial charge in [-0.1, -0.05) is 25.8 Å². The van der Waals surface area contributed by atoms with Crippen LogP contribution >= 0.6 is 0 Å². The second-order valence-corrected chi connectivity index (χ2v) is 7.21. The number of aliphatic carboxylic acids is 2. The molecule has 1 aliphatic carbocycles. The number of carboxylic acid groups (broad SMARTS) is 2. The van der Waals surface area contributed by atoms with Gasteiger partial charge in [-0.15, -0.1) is 0 Å². The van der Waals surface area contributed by atoms with Gasteiger partial charge in [-0.25, -0.2) is 9.59 Å². The molecular formula is C19H29N3O4. The lowest BCUT2D eigenvalue weighted by Crippen LogP contribution is -2.50. The van der Waals surface area contributed by atoms with Crippen LogP contribution in [0.15, 0.2) is 24.5 Å². The van der Waals surface area contributed by atoms with Crippen LogP contribution in [0.25, 0.3) is 0 Å². The molecule has 1 aromatic heterocycles. The Kier molecular flexibility index (Phi) is 8.00. The van der Waals surface area contributed by atoms with E-state index in [1.165, 1.54) is 57.4 Å². The highest BCUT2D eigenvalue weighted by atomic mass is 16.4. The molecule has 0 spiro atoms. The number of nitrogens with zero attached hydrogens (tertiary/aromatic N) is 3. The molecule has 1 saturated heterocycles. The highest BCUT2D eigenvalue weighted by Crippen LogP contribution is 2.28. The lowest BCUT2D eigenvalue weighted by Gasteiger charge is -2.42. The van der Waals surface area contributed by atoms with E-state index in [2.05, 4.69) is 27.8 Å². The molecule has 2 N–H and O–H groups in total. The lowest BCUT2D eigenvalue weighted by atomic mass is 9.86. The van der Waals surface area contributed by atoms with Crippen LogP contribution in [0.4, 0.5) is 0 Å². The zero-order chi connectivity index (χ0) is 18.9. The van der Waals surface area contributed by atoms with E-state index in [9.17, 15) is 0 Å². The average molecular weight is 363 g/mol. The molecule has 2 atom stereocenters. The summed E-state index contributed by atoms with van der Waals surface area (Å²) in [6.45, 7) is 8.39. The summed E-state index contributed by atoms with van der Waals surface area (Å²) < 4.78 is 0. The van der Waals surface area contributed by atoms with Crippen LogP contribution in [-0.4, -0.2) is 69.2 Å². The Morgan fingerprint density at radius 3 is 2.38 bits per heavy atom. The molecule has 2 aliphatic rings. The van der Waals surface area contributed by atoms with Gasteiger partial charge in [0.05, 0.1) is 0 Å². The molecule has 7 heteroatoms. The topological polar surface area (TPSA) is 94.0 Å². The maximum atomic E-state index is 9.10. The first-order chi connectivity index (χ1) is 12.5. The molecular weight excluding hydrogens is 334 g/mol. The SMILES string of the molecule is CC1CCCC(N2CCN(Cc3cccnc3)CC2)C1.O=C(O)C(=O)O. The highest BCUT2D eigenvalue weighted by Gasteiger charge is 2.27. The largest absolute Gasteiger partial charge is 0.473 e. The van der Waals surface area contributed by atoms with E-state index >= 15 is 0 Å². The van der Waals surface area contributed by atoms with Crippen molar-refractivity contribution in [3.63, 3.8) is 0 Å². The van der Waals surface area contributed by atoms with Crippen molar-refractivity contribution < 1.29 is 19.8 Å². The number of hydrogen-bond donors (Lipinski definition) is 2. The third kappa shape index (κ3) is 6.72. The molecule has 0 amide bonds. The average Bonchev–Trinajstić information content (AvgIpc) is 2.64. The quantitative estimate of drug-likeness (QED) is 0.793. The normalized spacial score (nSPS) is 24.3. The number of aromatic nitrogens is 1. The van der Waals surface area contributed by atoms with Crippen molar-refractivity contribution in [2.24, 2.45) is 5.92 Å². The van der Waals surface area contributed by atoms with Crippen molar-refractivity contribution in [3.05, 3.63) is 30.1 Å². The van der Waals surface area contributed by atoms with Gasteiger partial charge in [0.2, 0.25) is 0 Å². The van der Waals surface area contributed by atoms with Crippen LogP contribution in [0.3, 0.4) is 0 Å². The molecule has 1 aliphatic heterocycles. The van der Waals surface area contributed by atoms with Crippen molar-refractivity contribution >= 4 is 11.9 Å². The number of carboxylic acids is 2. The third-order valence-electron chi connectivity index (χ3n) is 5.14. The van der Waals surface area contributed by atoms with Crippen LogP contribution in [0.1, 0.15) is 38.2 Å². The molecule has 0 aromatic carbocycles. The number of carbonyl (C=O) groups is 2. The Bertz CT molecular complexity index is 561. The van der Waals surface area contributed by atoms with Gasteiger partial charge < -0.3 is 10.2 Å². The van der Waals surface area contributed by atoms with Crippen LogP contribution in [0.5, 0.6) is 0 Å². The molecule has 26 heavy (non-hydrogen) atoms. The predicted octanol–water partition coefficient (Wildman–Crippen LogP) is 1.93. The number of piperazine rings is 1. The van der Waals surface area contributed by atoms with E-state index in [0.717, 1.165) is 18.5 Å².